The maximum atomic E-state index is 12.0. The highest BCUT2D eigenvalue weighted by Gasteiger charge is 2.19. The van der Waals surface area contributed by atoms with Gasteiger partial charge in [-0.1, -0.05) is 6.08 Å². The topological polar surface area (TPSA) is 69.7 Å². The molecule has 0 radical (unpaired) electrons. The van der Waals surface area contributed by atoms with Crippen molar-refractivity contribution >= 4 is 27.3 Å². The minimum Gasteiger partial charge on any atom is -0.372 e. The number of rotatable bonds is 7. The molecule has 1 aromatic carbocycles. The van der Waals surface area contributed by atoms with Crippen LogP contribution in [0.25, 0.3) is 0 Å². The summed E-state index contributed by atoms with van der Waals surface area (Å²) in [6.45, 7) is 5.53. The lowest BCUT2D eigenvalue weighted by molar-refractivity contribution is -0.116. The van der Waals surface area contributed by atoms with Crippen LogP contribution in [0, 0.1) is 0 Å². The monoisotopic (exact) mass is 337 g/mol. The van der Waals surface area contributed by atoms with Crippen molar-refractivity contribution in [3.8, 4) is 0 Å². The molecular formula is C16H23N3O3S. The van der Waals surface area contributed by atoms with Gasteiger partial charge in [-0.15, -0.1) is 6.58 Å². The molecule has 7 heteroatoms. The minimum absolute atomic E-state index is 0.111. The summed E-state index contributed by atoms with van der Waals surface area (Å²) in [5.41, 5.74) is 1.80. The van der Waals surface area contributed by atoms with E-state index in [9.17, 15) is 13.2 Å². The van der Waals surface area contributed by atoms with Crippen LogP contribution in [-0.4, -0.2) is 51.1 Å². The summed E-state index contributed by atoms with van der Waals surface area (Å²) in [6.07, 6.45) is 4.96. The van der Waals surface area contributed by atoms with Gasteiger partial charge in [0, 0.05) is 31.0 Å². The van der Waals surface area contributed by atoms with E-state index in [4.69, 9.17) is 0 Å². The fourth-order valence-electron chi connectivity index (χ4n) is 2.55. The van der Waals surface area contributed by atoms with Gasteiger partial charge in [0.1, 0.15) is 0 Å². The third-order valence-electron chi connectivity index (χ3n) is 3.74. The first kappa shape index (κ1) is 17.5. The fraction of sp³-hybridized carbons (Fsp3) is 0.438. The van der Waals surface area contributed by atoms with Crippen LogP contribution in [-0.2, 0) is 14.8 Å². The molecule has 1 aromatic rings. The second-order valence-electron chi connectivity index (χ2n) is 5.63. The van der Waals surface area contributed by atoms with E-state index in [1.54, 1.807) is 0 Å². The Bertz CT molecular complexity index is 650. The molecular weight excluding hydrogens is 314 g/mol. The standard InChI is InChI=1S/C16H23N3O3S/c1-3-10-19(23(2,21)22)13-16(20)17-14-6-8-15(9-7-14)18-11-4-5-12-18/h3,6-9H,1,4-5,10-13H2,2H3,(H,17,20). The summed E-state index contributed by atoms with van der Waals surface area (Å²) in [6, 6.07) is 7.62. The van der Waals surface area contributed by atoms with Crippen LogP contribution in [0.3, 0.4) is 0 Å². The number of hydrogen-bond acceptors (Lipinski definition) is 4. The smallest absolute Gasteiger partial charge is 0.239 e. The average Bonchev–Trinajstić information content (AvgIpc) is 3.01. The van der Waals surface area contributed by atoms with Crippen molar-refractivity contribution in [1.82, 2.24) is 4.31 Å². The van der Waals surface area contributed by atoms with E-state index in [-0.39, 0.29) is 19.0 Å². The van der Waals surface area contributed by atoms with Crippen molar-refractivity contribution in [3.05, 3.63) is 36.9 Å². The van der Waals surface area contributed by atoms with Gasteiger partial charge in [0.2, 0.25) is 15.9 Å². The van der Waals surface area contributed by atoms with Crippen molar-refractivity contribution in [2.24, 2.45) is 0 Å². The van der Waals surface area contributed by atoms with Crippen molar-refractivity contribution < 1.29 is 13.2 Å². The third-order valence-corrected chi connectivity index (χ3v) is 4.96. The summed E-state index contributed by atoms with van der Waals surface area (Å²) in [5.74, 6) is -0.369. The summed E-state index contributed by atoms with van der Waals surface area (Å²) >= 11 is 0. The Kier molecular flexibility index (Phi) is 5.79. The summed E-state index contributed by atoms with van der Waals surface area (Å²) in [4.78, 5) is 14.3. The van der Waals surface area contributed by atoms with Crippen LogP contribution >= 0.6 is 0 Å². The molecule has 0 saturated carbocycles. The van der Waals surface area contributed by atoms with Gasteiger partial charge in [0.15, 0.2) is 0 Å². The van der Waals surface area contributed by atoms with Crippen LogP contribution in [0.15, 0.2) is 36.9 Å². The van der Waals surface area contributed by atoms with Crippen molar-refractivity contribution in [2.75, 3.05) is 42.7 Å². The summed E-state index contributed by atoms with van der Waals surface area (Å²) < 4.78 is 24.3. The molecule has 1 fully saturated rings. The predicted molar refractivity (Wildman–Crippen MR) is 93.1 cm³/mol. The van der Waals surface area contributed by atoms with Crippen LogP contribution in [0.2, 0.25) is 0 Å². The van der Waals surface area contributed by atoms with Crippen molar-refractivity contribution in [2.45, 2.75) is 12.8 Å². The van der Waals surface area contributed by atoms with E-state index in [1.807, 2.05) is 24.3 Å². The van der Waals surface area contributed by atoms with Gasteiger partial charge in [0.05, 0.1) is 12.8 Å². The first-order chi connectivity index (χ1) is 10.9. The van der Waals surface area contributed by atoms with E-state index in [2.05, 4.69) is 16.8 Å². The lowest BCUT2D eigenvalue weighted by Crippen LogP contribution is -2.37. The van der Waals surface area contributed by atoms with Crippen LogP contribution < -0.4 is 10.2 Å². The molecule has 1 N–H and O–H groups in total. The largest absolute Gasteiger partial charge is 0.372 e. The molecule has 0 aliphatic carbocycles. The summed E-state index contributed by atoms with van der Waals surface area (Å²) in [5, 5.41) is 2.72. The Morgan fingerprint density at radius 1 is 1.30 bits per heavy atom. The number of amides is 1. The van der Waals surface area contributed by atoms with Gasteiger partial charge in [-0.3, -0.25) is 4.79 Å². The zero-order valence-electron chi connectivity index (χ0n) is 13.4. The Labute approximate surface area is 137 Å². The highest BCUT2D eigenvalue weighted by Crippen LogP contribution is 2.22. The number of sulfonamides is 1. The molecule has 1 heterocycles. The first-order valence-corrected chi connectivity index (χ1v) is 9.46. The molecule has 1 aliphatic rings. The van der Waals surface area contributed by atoms with Gasteiger partial charge >= 0.3 is 0 Å². The second-order valence-corrected chi connectivity index (χ2v) is 7.62. The number of benzene rings is 1. The third kappa shape index (κ3) is 5.07. The van der Waals surface area contributed by atoms with Crippen LogP contribution in [0.1, 0.15) is 12.8 Å². The van der Waals surface area contributed by atoms with E-state index >= 15 is 0 Å². The van der Waals surface area contributed by atoms with Gasteiger partial charge in [-0.25, -0.2) is 8.42 Å². The number of nitrogens with zero attached hydrogens (tertiary/aromatic N) is 2. The maximum Gasteiger partial charge on any atom is 0.239 e. The molecule has 6 nitrogen and oxygen atoms in total. The Morgan fingerprint density at radius 3 is 2.43 bits per heavy atom. The quantitative estimate of drug-likeness (QED) is 0.769. The van der Waals surface area contributed by atoms with E-state index < -0.39 is 10.0 Å². The fourth-order valence-corrected chi connectivity index (χ4v) is 3.28. The van der Waals surface area contributed by atoms with Gasteiger partial charge in [-0.05, 0) is 37.1 Å². The Hall–Kier alpha value is -1.86. The van der Waals surface area contributed by atoms with E-state index in [0.29, 0.717) is 5.69 Å². The molecule has 2 rings (SSSR count). The number of nitrogens with one attached hydrogen (secondary N) is 1. The maximum absolute atomic E-state index is 12.0. The molecule has 1 aliphatic heterocycles. The lowest BCUT2D eigenvalue weighted by Gasteiger charge is -2.19. The predicted octanol–water partition coefficient (Wildman–Crippen LogP) is 1.67. The molecule has 23 heavy (non-hydrogen) atoms. The van der Waals surface area contributed by atoms with E-state index in [0.717, 1.165) is 29.3 Å². The van der Waals surface area contributed by atoms with Gasteiger partial charge < -0.3 is 10.2 Å². The Morgan fingerprint density at radius 2 is 1.91 bits per heavy atom. The number of hydrogen-bond donors (Lipinski definition) is 1. The highest BCUT2D eigenvalue weighted by atomic mass is 32.2. The molecule has 0 unspecified atom stereocenters. The number of carbonyl (C=O) groups excluding carboxylic acids is 1. The van der Waals surface area contributed by atoms with Crippen LogP contribution in [0.5, 0.6) is 0 Å². The molecule has 0 atom stereocenters. The lowest BCUT2D eigenvalue weighted by atomic mass is 10.2. The highest BCUT2D eigenvalue weighted by molar-refractivity contribution is 7.88. The average molecular weight is 337 g/mol. The molecule has 1 saturated heterocycles. The number of anilines is 2. The number of carbonyl (C=O) groups is 1. The second kappa shape index (κ2) is 7.61. The van der Waals surface area contributed by atoms with Crippen molar-refractivity contribution in [1.29, 1.82) is 0 Å². The van der Waals surface area contributed by atoms with E-state index in [1.165, 1.54) is 18.9 Å². The molecule has 1 amide bonds. The SMILES string of the molecule is C=CCN(CC(=O)Nc1ccc(N2CCCC2)cc1)S(C)(=O)=O. The molecule has 0 spiro atoms. The zero-order valence-corrected chi connectivity index (χ0v) is 14.2. The molecule has 0 aromatic heterocycles. The molecule has 126 valence electrons. The van der Waals surface area contributed by atoms with Gasteiger partial charge in [0.25, 0.3) is 0 Å². The first-order valence-electron chi connectivity index (χ1n) is 7.61. The zero-order chi connectivity index (χ0) is 16.9. The van der Waals surface area contributed by atoms with Gasteiger partial charge in [-0.2, -0.15) is 4.31 Å². The summed E-state index contributed by atoms with van der Waals surface area (Å²) in [7, 11) is -3.44. The Balaban J connectivity index is 1.95. The minimum atomic E-state index is -3.44. The normalized spacial score (nSPS) is 15.0. The van der Waals surface area contributed by atoms with Crippen molar-refractivity contribution in [3.63, 3.8) is 0 Å². The van der Waals surface area contributed by atoms with Crippen LogP contribution in [0.4, 0.5) is 11.4 Å². The molecule has 0 bridgehead atoms.